The summed E-state index contributed by atoms with van der Waals surface area (Å²) in [5.41, 5.74) is 0.737. The van der Waals surface area contributed by atoms with Gasteiger partial charge in [0, 0.05) is 18.3 Å². The summed E-state index contributed by atoms with van der Waals surface area (Å²) >= 11 is 0. The van der Waals surface area contributed by atoms with Crippen LogP contribution in [0.4, 0.5) is 0 Å². The number of carbonyl (C=O) groups excluding carboxylic acids is 3. The fourth-order valence-electron chi connectivity index (χ4n) is 3.12. The number of ether oxygens (including phenoxy) is 2. The van der Waals surface area contributed by atoms with E-state index in [1.807, 2.05) is 0 Å². The minimum atomic E-state index is -0.447. The number of aromatic nitrogens is 1. The molecule has 0 radical (unpaired) electrons. The maximum atomic E-state index is 12.1. The van der Waals surface area contributed by atoms with E-state index in [-0.39, 0.29) is 36.4 Å². The molecule has 1 fully saturated rings. The Morgan fingerprint density at radius 3 is 2.56 bits per heavy atom. The topological polar surface area (TPSA) is 95.7 Å². The first-order chi connectivity index (χ1) is 12.0. The number of aryl methyl sites for hydroxylation is 1. The van der Waals surface area contributed by atoms with Crippen LogP contribution >= 0.6 is 0 Å². The average molecular weight is 351 g/mol. The van der Waals surface area contributed by atoms with Gasteiger partial charge in [-0.2, -0.15) is 0 Å². The summed E-state index contributed by atoms with van der Waals surface area (Å²) in [6.07, 6.45) is 5.26. The van der Waals surface area contributed by atoms with E-state index in [1.165, 1.54) is 7.11 Å². The van der Waals surface area contributed by atoms with Crippen LogP contribution < -0.4 is 0 Å². The smallest absolute Gasteiger partial charge is 0.313 e. The molecule has 7 heteroatoms. The highest BCUT2D eigenvalue weighted by molar-refractivity contribution is 5.96. The molecule has 0 saturated heterocycles. The molecule has 0 atom stereocenters. The highest BCUT2D eigenvalue weighted by Crippen LogP contribution is 2.36. The molecular formula is C18H25NO6. The van der Waals surface area contributed by atoms with Crippen molar-refractivity contribution in [1.29, 1.82) is 0 Å². The van der Waals surface area contributed by atoms with E-state index in [1.54, 1.807) is 13.2 Å². The number of Topliss-reactive ketones (excluding diaryl/α,β-unsaturated/α-hetero) is 1. The molecule has 1 heterocycles. The number of rotatable bonds is 8. The van der Waals surface area contributed by atoms with Gasteiger partial charge >= 0.3 is 11.9 Å². The van der Waals surface area contributed by atoms with E-state index in [0.29, 0.717) is 18.9 Å². The Kier molecular flexibility index (Phi) is 7.16. The monoisotopic (exact) mass is 351 g/mol. The average Bonchev–Trinajstić information content (AvgIpc) is 3.09. The Morgan fingerprint density at radius 2 is 1.92 bits per heavy atom. The molecule has 1 saturated carbocycles. The minimum absolute atomic E-state index is 0.0388. The summed E-state index contributed by atoms with van der Waals surface area (Å²) in [5.74, 6) is -0.00472. The second kappa shape index (κ2) is 9.34. The molecule has 0 aliphatic heterocycles. The largest absolute Gasteiger partial charge is 0.469 e. The van der Waals surface area contributed by atoms with Gasteiger partial charge in [0.2, 0.25) is 0 Å². The van der Waals surface area contributed by atoms with Crippen LogP contribution in [-0.4, -0.2) is 36.4 Å². The van der Waals surface area contributed by atoms with Crippen molar-refractivity contribution < 1.29 is 28.3 Å². The van der Waals surface area contributed by atoms with Gasteiger partial charge in [-0.1, -0.05) is 0 Å². The zero-order valence-electron chi connectivity index (χ0n) is 14.8. The maximum absolute atomic E-state index is 12.1. The zero-order chi connectivity index (χ0) is 18.2. The molecule has 1 aliphatic carbocycles. The number of hydrogen-bond acceptors (Lipinski definition) is 7. The van der Waals surface area contributed by atoms with Gasteiger partial charge in [-0.05, 0) is 32.6 Å². The van der Waals surface area contributed by atoms with E-state index in [2.05, 4.69) is 9.72 Å². The lowest BCUT2D eigenvalue weighted by atomic mass is 9.79. The fraction of sp³-hybridized carbons (Fsp3) is 0.667. The number of carbonyl (C=O) groups is 3. The van der Waals surface area contributed by atoms with Crippen molar-refractivity contribution in [2.45, 2.75) is 57.8 Å². The third kappa shape index (κ3) is 5.69. The Morgan fingerprint density at radius 1 is 1.20 bits per heavy atom. The molecule has 25 heavy (non-hydrogen) atoms. The molecule has 0 bridgehead atoms. The van der Waals surface area contributed by atoms with Crippen molar-refractivity contribution in [2.24, 2.45) is 5.92 Å². The normalized spacial score (nSPS) is 20.1. The van der Waals surface area contributed by atoms with Crippen LogP contribution in [0.2, 0.25) is 0 Å². The van der Waals surface area contributed by atoms with Crippen LogP contribution in [0.3, 0.4) is 0 Å². The lowest BCUT2D eigenvalue weighted by Crippen LogP contribution is -2.24. The lowest BCUT2D eigenvalue weighted by Gasteiger charge is -2.25. The summed E-state index contributed by atoms with van der Waals surface area (Å²) in [5, 5.41) is 0. The Labute approximate surface area is 147 Å². The molecule has 0 spiro atoms. The molecule has 1 aliphatic rings. The third-order valence-electron chi connectivity index (χ3n) is 4.54. The van der Waals surface area contributed by atoms with Gasteiger partial charge in [0.25, 0.3) is 0 Å². The summed E-state index contributed by atoms with van der Waals surface area (Å²) in [6.45, 7) is 2.02. The summed E-state index contributed by atoms with van der Waals surface area (Å²) in [4.78, 5) is 39.2. The first-order valence-corrected chi connectivity index (χ1v) is 8.72. The molecular weight excluding hydrogens is 326 g/mol. The van der Waals surface area contributed by atoms with E-state index in [9.17, 15) is 14.4 Å². The molecule has 0 amide bonds. The van der Waals surface area contributed by atoms with Crippen molar-refractivity contribution in [3.63, 3.8) is 0 Å². The van der Waals surface area contributed by atoms with E-state index in [4.69, 9.17) is 9.15 Å². The predicted molar refractivity (Wildman–Crippen MR) is 87.8 cm³/mol. The summed E-state index contributed by atoms with van der Waals surface area (Å²) in [7, 11) is 1.36. The second-order valence-electron chi connectivity index (χ2n) is 6.25. The Hall–Kier alpha value is -2.18. The molecule has 138 valence electrons. The van der Waals surface area contributed by atoms with Gasteiger partial charge < -0.3 is 13.9 Å². The van der Waals surface area contributed by atoms with Crippen molar-refractivity contribution in [3.8, 4) is 0 Å². The molecule has 0 unspecified atom stereocenters. The summed E-state index contributed by atoms with van der Waals surface area (Å²) < 4.78 is 15.0. The van der Waals surface area contributed by atoms with Gasteiger partial charge in [0.1, 0.15) is 18.5 Å². The number of nitrogens with zero attached hydrogens (tertiary/aromatic N) is 1. The quantitative estimate of drug-likeness (QED) is 0.524. The number of esters is 2. The Balaban J connectivity index is 1.80. The van der Waals surface area contributed by atoms with E-state index in [0.717, 1.165) is 31.4 Å². The van der Waals surface area contributed by atoms with Crippen molar-refractivity contribution in [3.05, 3.63) is 17.8 Å². The van der Waals surface area contributed by atoms with Crippen LogP contribution in [0.5, 0.6) is 0 Å². The highest BCUT2D eigenvalue weighted by atomic mass is 16.5. The van der Waals surface area contributed by atoms with Crippen molar-refractivity contribution in [1.82, 2.24) is 4.98 Å². The van der Waals surface area contributed by atoms with Gasteiger partial charge in [-0.25, -0.2) is 4.98 Å². The number of ketones is 1. The van der Waals surface area contributed by atoms with Gasteiger partial charge in [0.15, 0.2) is 5.89 Å². The Bertz CT molecular complexity index is 600. The van der Waals surface area contributed by atoms with Crippen LogP contribution in [0, 0.1) is 5.92 Å². The zero-order valence-corrected chi connectivity index (χ0v) is 14.8. The first kappa shape index (κ1) is 19.1. The molecule has 2 rings (SSSR count). The van der Waals surface area contributed by atoms with E-state index < -0.39 is 5.97 Å². The SMILES string of the molecule is CCOC(=O)CC(=O)C1CCC(c2nc(CCC(=O)OC)co2)CC1. The fourth-order valence-corrected chi connectivity index (χ4v) is 3.12. The van der Waals surface area contributed by atoms with Gasteiger partial charge in [-0.3, -0.25) is 14.4 Å². The lowest BCUT2D eigenvalue weighted by molar-refractivity contribution is -0.146. The maximum Gasteiger partial charge on any atom is 0.313 e. The van der Waals surface area contributed by atoms with Crippen LogP contribution in [0.25, 0.3) is 0 Å². The molecule has 7 nitrogen and oxygen atoms in total. The number of methoxy groups -OCH3 is 1. The summed E-state index contributed by atoms with van der Waals surface area (Å²) in [6, 6.07) is 0. The van der Waals surface area contributed by atoms with Gasteiger partial charge in [-0.15, -0.1) is 0 Å². The molecule has 0 aromatic carbocycles. The number of oxazole rings is 1. The van der Waals surface area contributed by atoms with Gasteiger partial charge in [0.05, 0.1) is 25.8 Å². The first-order valence-electron chi connectivity index (χ1n) is 8.72. The van der Waals surface area contributed by atoms with Crippen molar-refractivity contribution >= 4 is 17.7 Å². The highest BCUT2D eigenvalue weighted by Gasteiger charge is 2.30. The predicted octanol–water partition coefficient (Wildman–Crippen LogP) is 2.58. The standard InChI is InChI=1S/C18H25NO6/c1-3-24-17(22)10-15(20)12-4-6-13(7-5-12)18-19-14(11-25-18)8-9-16(21)23-2/h11-13H,3-10H2,1-2H3. The second-order valence-corrected chi connectivity index (χ2v) is 6.25. The third-order valence-corrected chi connectivity index (χ3v) is 4.54. The minimum Gasteiger partial charge on any atom is -0.469 e. The number of hydrogen-bond donors (Lipinski definition) is 0. The van der Waals surface area contributed by atoms with Crippen LogP contribution in [-0.2, 0) is 30.3 Å². The van der Waals surface area contributed by atoms with Crippen LogP contribution in [0.15, 0.2) is 10.7 Å². The molecule has 0 N–H and O–H groups in total. The van der Waals surface area contributed by atoms with E-state index >= 15 is 0 Å². The molecule has 1 aromatic rings. The van der Waals surface area contributed by atoms with Crippen molar-refractivity contribution in [2.75, 3.05) is 13.7 Å². The van der Waals surface area contributed by atoms with Crippen LogP contribution in [0.1, 0.15) is 63.0 Å². The molecule has 1 aromatic heterocycles.